The molecule has 1 aromatic rings. The SMILES string of the molecule is CCCC(O)CNC1CCc2cccnc21. The minimum atomic E-state index is -0.224. The molecule has 2 unspecified atom stereocenters. The fourth-order valence-electron chi connectivity index (χ4n) is 2.32. The van der Waals surface area contributed by atoms with E-state index in [-0.39, 0.29) is 6.10 Å². The molecule has 1 aliphatic rings. The number of aromatic nitrogens is 1. The quantitative estimate of drug-likeness (QED) is 0.795. The zero-order chi connectivity index (χ0) is 11.4. The van der Waals surface area contributed by atoms with Gasteiger partial charge in [0.15, 0.2) is 0 Å². The van der Waals surface area contributed by atoms with Gasteiger partial charge >= 0.3 is 0 Å². The molecule has 0 spiro atoms. The number of aliphatic hydroxyl groups excluding tert-OH is 1. The van der Waals surface area contributed by atoms with Gasteiger partial charge in [-0.05, 0) is 30.9 Å². The lowest BCUT2D eigenvalue weighted by Crippen LogP contribution is -2.29. The Balaban J connectivity index is 1.88. The van der Waals surface area contributed by atoms with Gasteiger partial charge in [0.25, 0.3) is 0 Å². The standard InChI is InChI=1S/C13H20N2O/c1-2-4-11(16)9-15-12-7-6-10-5-3-8-14-13(10)12/h3,5,8,11-12,15-16H,2,4,6-7,9H2,1H3. The van der Waals surface area contributed by atoms with Crippen LogP contribution in [0.15, 0.2) is 18.3 Å². The van der Waals surface area contributed by atoms with Gasteiger partial charge in [0, 0.05) is 12.7 Å². The number of nitrogens with one attached hydrogen (secondary N) is 1. The molecule has 0 amide bonds. The third-order valence-electron chi connectivity index (χ3n) is 3.18. The summed E-state index contributed by atoms with van der Waals surface area (Å²) >= 11 is 0. The lowest BCUT2D eigenvalue weighted by molar-refractivity contribution is 0.156. The van der Waals surface area contributed by atoms with E-state index in [9.17, 15) is 5.11 Å². The molecule has 0 bridgehead atoms. The van der Waals surface area contributed by atoms with Gasteiger partial charge in [-0.25, -0.2) is 0 Å². The van der Waals surface area contributed by atoms with Crippen molar-refractivity contribution in [2.45, 2.75) is 44.8 Å². The average Bonchev–Trinajstić information content (AvgIpc) is 2.70. The van der Waals surface area contributed by atoms with Crippen molar-refractivity contribution in [1.29, 1.82) is 0 Å². The molecule has 16 heavy (non-hydrogen) atoms. The van der Waals surface area contributed by atoms with E-state index < -0.39 is 0 Å². The molecule has 2 rings (SSSR count). The van der Waals surface area contributed by atoms with Crippen molar-refractivity contribution in [3.8, 4) is 0 Å². The number of aryl methyl sites for hydroxylation is 1. The third-order valence-corrected chi connectivity index (χ3v) is 3.18. The zero-order valence-electron chi connectivity index (χ0n) is 9.82. The molecule has 2 atom stereocenters. The van der Waals surface area contributed by atoms with E-state index in [1.807, 2.05) is 12.3 Å². The molecule has 0 saturated heterocycles. The van der Waals surface area contributed by atoms with Crippen molar-refractivity contribution < 1.29 is 5.11 Å². The second-order valence-corrected chi connectivity index (χ2v) is 4.49. The Bertz CT molecular complexity index is 340. The maximum Gasteiger partial charge on any atom is 0.0664 e. The largest absolute Gasteiger partial charge is 0.392 e. The topological polar surface area (TPSA) is 45.1 Å². The zero-order valence-corrected chi connectivity index (χ0v) is 9.82. The van der Waals surface area contributed by atoms with Gasteiger partial charge in [0.05, 0.1) is 17.8 Å². The molecule has 0 radical (unpaired) electrons. The monoisotopic (exact) mass is 220 g/mol. The number of aliphatic hydroxyl groups is 1. The molecular formula is C13H20N2O. The molecule has 0 aromatic carbocycles. The van der Waals surface area contributed by atoms with Gasteiger partial charge in [-0.3, -0.25) is 4.98 Å². The first-order valence-electron chi connectivity index (χ1n) is 6.16. The second kappa shape index (κ2) is 5.41. The number of hydrogen-bond acceptors (Lipinski definition) is 3. The molecular weight excluding hydrogens is 200 g/mol. The summed E-state index contributed by atoms with van der Waals surface area (Å²) < 4.78 is 0. The van der Waals surface area contributed by atoms with E-state index in [1.54, 1.807) is 0 Å². The summed E-state index contributed by atoms with van der Waals surface area (Å²) in [7, 11) is 0. The van der Waals surface area contributed by atoms with Crippen molar-refractivity contribution in [1.82, 2.24) is 10.3 Å². The van der Waals surface area contributed by atoms with Crippen LogP contribution in [0.5, 0.6) is 0 Å². The minimum absolute atomic E-state index is 0.224. The summed E-state index contributed by atoms with van der Waals surface area (Å²) in [6.07, 6.45) is 5.73. The molecule has 88 valence electrons. The Morgan fingerprint density at radius 2 is 2.50 bits per heavy atom. The highest BCUT2D eigenvalue weighted by atomic mass is 16.3. The smallest absolute Gasteiger partial charge is 0.0664 e. The van der Waals surface area contributed by atoms with Crippen LogP contribution >= 0.6 is 0 Å². The van der Waals surface area contributed by atoms with Crippen molar-refractivity contribution in [3.05, 3.63) is 29.6 Å². The van der Waals surface area contributed by atoms with E-state index in [2.05, 4.69) is 23.3 Å². The van der Waals surface area contributed by atoms with Crippen molar-refractivity contribution in [2.24, 2.45) is 0 Å². The third kappa shape index (κ3) is 2.60. The first kappa shape index (κ1) is 11.6. The van der Waals surface area contributed by atoms with E-state index in [4.69, 9.17) is 0 Å². The number of hydrogen-bond donors (Lipinski definition) is 2. The van der Waals surface area contributed by atoms with Gasteiger partial charge in [0.2, 0.25) is 0 Å². The summed E-state index contributed by atoms with van der Waals surface area (Å²) in [5.41, 5.74) is 2.52. The van der Waals surface area contributed by atoms with E-state index in [1.165, 1.54) is 11.3 Å². The predicted octanol–water partition coefficient (Wildman–Crippen LogP) is 1.82. The molecule has 3 nitrogen and oxygen atoms in total. The highest BCUT2D eigenvalue weighted by Crippen LogP contribution is 2.28. The lowest BCUT2D eigenvalue weighted by Gasteiger charge is -2.16. The first-order chi connectivity index (χ1) is 7.81. The summed E-state index contributed by atoms with van der Waals surface area (Å²) in [4.78, 5) is 4.42. The summed E-state index contributed by atoms with van der Waals surface area (Å²) in [5.74, 6) is 0. The highest BCUT2D eigenvalue weighted by molar-refractivity contribution is 5.27. The van der Waals surface area contributed by atoms with Gasteiger partial charge in [-0.15, -0.1) is 0 Å². The Morgan fingerprint density at radius 1 is 1.62 bits per heavy atom. The lowest BCUT2D eigenvalue weighted by atomic mass is 10.1. The summed E-state index contributed by atoms with van der Waals surface area (Å²) in [5, 5.41) is 13.1. The number of rotatable bonds is 5. The number of pyridine rings is 1. The maximum absolute atomic E-state index is 9.67. The van der Waals surface area contributed by atoms with E-state index in [0.29, 0.717) is 12.6 Å². The molecule has 0 aliphatic heterocycles. The molecule has 2 N–H and O–H groups in total. The molecule has 1 heterocycles. The Morgan fingerprint density at radius 3 is 3.31 bits per heavy atom. The van der Waals surface area contributed by atoms with Gasteiger partial charge in [-0.1, -0.05) is 19.4 Å². The number of fused-ring (bicyclic) bond motifs is 1. The maximum atomic E-state index is 9.67. The predicted molar refractivity (Wildman–Crippen MR) is 64.2 cm³/mol. The van der Waals surface area contributed by atoms with Gasteiger partial charge < -0.3 is 10.4 Å². The van der Waals surface area contributed by atoms with Crippen LogP contribution in [0.4, 0.5) is 0 Å². The Labute approximate surface area is 96.9 Å². The van der Waals surface area contributed by atoms with Crippen molar-refractivity contribution >= 4 is 0 Å². The Hall–Kier alpha value is -0.930. The van der Waals surface area contributed by atoms with E-state index >= 15 is 0 Å². The summed E-state index contributed by atoms with van der Waals surface area (Å²) in [6.45, 7) is 2.77. The fourth-order valence-corrected chi connectivity index (χ4v) is 2.32. The molecule has 1 aliphatic carbocycles. The van der Waals surface area contributed by atoms with Crippen LogP contribution in [-0.2, 0) is 6.42 Å². The van der Waals surface area contributed by atoms with Crippen LogP contribution < -0.4 is 5.32 Å². The van der Waals surface area contributed by atoms with Gasteiger partial charge in [-0.2, -0.15) is 0 Å². The van der Waals surface area contributed by atoms with Crippen LogP contribution in [0.3, 0.4) is 0 Å². The number of nitrogens with zero attached hydrogens (tertiary/aromatic N) is 1. The minimum Gasteiger partial charge on any atom is -0.392 e. The second-order valence-electron chi connectivity index (χ2n) is 4.49. The van der Waals surface area contributed by atoms with Crippen LogP contribution in [0.1, 0.15) is 43.5 Å². The highest BCUT2D eigenvalue weighted by Gasteiger charge is 2.23. The van der Waals surface area contributed by atoms with Crippen LogP contribution in [0.2, 0.25) is 0 Å². The van der Waals surface area contributed by atoms with Crippen molar-refractivity contribution in [2.75, 3.05) is 6.54 Å². The summed E-state index contributed by atoms with van der Waals surface area (Å²) in [6, 6.07) is 4.47. The van der Waals surface area contributed by atoms with Crippen LogP contribution in [-0.4, -0.2) is 22.7 Å². The van der Waals surface area contributed by atoms with Gasteiger partial charge in [0.1, 0.15) is 0 Å². The molecule has 3 heteroatoms. The molecule has 0 fully saturated rings. The molecule has 1 aromatic heterocycles. The van der Waals surface area contributed by atoms with Crippen LogP contribution in [0, 0.1) is 0 Å². The van der Waals surface area contributed by atoms with Crippen LogP contribution in [0.25, 0.3) is 0 Å². The Kier molecular flexibility index (Phi) is 3.91. The normalized spacial score (nSPS) is 20.8. The van der Waals surface area contributed by atoms with Crippen molar-refractivity contribution in [3.63, 3.8) is 0 Å². The first-order valence-corrected chi connectivity index (χ1v) is 6.16. The average molecular weight is 220 g/mol. The molecule has 0 saturated carbocycles. The van der Waals surface area contributed by atoms with E-state index in [0.717, 1.165) is 25.7 Å². The fraction of sp³-hybridized carbons (Fsp3) is 0.615.